The van der Waals surface area contributed by atoms with Crippen molar-refractivity contribution in [2.45, 2.75) is 39.2 Å². The van der Waals surface area contributed by atoms with Gasteiger partial charge in [0.1, 0.15) is 0 Å². The van der Waals surface area contributed by atoms with E-state index >= 15 is 0 Å². The molecule has 1 amide bonds. The Bertz CT molecular complexity index is 1000. The van der Waals surface area contributed by atoms with E-state index in [0.717, 1.165) is 32.1 Å². The molecule has 0 spiro atoms. The van der Waals surface area contributed by atoms with Crippen molar-refractivity contribution >= 4 is 48.3 Å². The van der Waals surface area contributed by atoms with Crippen molar-refractivity contribution in [2.24, 2.45) is 5.92 Å². The Hall–Kier alpha value is -1.91. The van der Waals surface area contributed by atoms with Gasteiger partial charge in [-0.05, 0) is 0 Å². The third-order valence-corrected chi connectivity index (χ3v) is 18.2. The maximum atomic E-state index is 12.9. The van der Waals surface area contributed by atoms with Gasteiger partial charge in [0.15, 0.2) is 0 Å². The SMILES string of the molecule is CC(C)(C)OC(=O)N1CCCC(CP(I)(c2ccccc2)(c2ccccc2)c2ccccc2)C1. The second-order valence-corrected chi connectivity index (χ2v) is 21.0. The molecule has 1 heterocycles. The van der Waals surface area contributed by atoms with Crippen LogP contribution in [0.15, 0.2) is 91.0 Å². The van der Waals surface area contributed by atoms with E-state index < -0.39 is 9.85 Å². The molecule has 0 radical (unpaired) electrons. The zero-order chi connectivity index (χ0) is 24.3. The molecule has 3 aromatic carbocycles. The summed E-state index contributed by atoms with van der Waals surface area (Å²) in [6, 6.07) is 33.1. The standard InChI is InChI=1S/C29H35INO2P/c1-29(2,3)33-28(32)31-21-13-14-24(22-31)23-34(30,25-15-7-4-8-16-25,26-17-9-5-10-18-26)27-19-11-6-12-20-27/h4-12,15-20,24H,13-14,21-23H2,1-3H3. The van der Waals surface area contributed by atoms with Crippen LogP contribution in [0.2, 0.25) is 0 Å². The molecule has 3 nitrogen and oxygen atoms in total. The van der Waals surface area contributed by atoms with Gasteiger partial charge in [-0.25, -0.2) is 0 Å². The van der Waals surface area contributed by atoms with Gasteiger partial charge in [0.05, 0.1) is 0 Å². The van der Waals surface area contributed by atoms with Crippen LogP contribution < -0.4 is 15.9 Å². The van der Waals surface area contributed by atoms with Crippen LogP contribution in [0.5, 0.6) is 0 Å². The number of piperidine rings is 1. The van der Waals surface area contributed by atoms with Crippen LogP contribution in [0.3, 0.4) is 0 Å². The van der Waals surface area contributed by atoms with Crippen LogP contribution in [0, 0.1) is 5.92 Å². The predicted octanol–water partition coefficient (Wildman–Crippen LogP) is 6.51. The molecule has 0 aliphatic carbocycles. The Kier molecular flexibility index (Phi) is 7.40. The molecule has 1 unspecified atom stereocenters. The predicted molar refractivity (Wildman–Crippen MR) is 155 cm³/mol. The first kappa shape index (κ1) is 25.2. The monoisotopic (exact) mass is 587 g/mol. The Morgan fingerprint density at radius 3 is 1.74 bits per heavy atom. The Labute approximate surface area is 217 Å². The minimum absolute atomic E-state index is 0.190. The number of hydrogen-bond donors (Lipinski definition) is 0. The van der Waals surface area contributed by atoms with E-state index in [2.05, 4.69) is 113 Å². The number of amides is 1. The van der Waals surface area contributed by atoms with E-state index in [-0.39, 0.29) is 6.09 Å². The van der Waals surface area contributed by atoms with Gasteiger partial charge in [0.25, 0.3) is 0 Å². The number of carbonyl (C=O) groups excluding carboxylic acids is 1. The van der Waals surface area contributed by atoms with Crippen molar-refractivity contribution in [3.8, 4) is 0 Å². The quantitative estimate of drug-likeness (QED) is 0.252. The molecule has 0 aromatic heterocycles. The molecule has 0 saturated carbocycles. The summed E-state index contributed by atoms with van der Waals surface area (Å²) in [7, 11) is 0. The molecule has 3 aromatic rings. The minimum atomic E-state index is -2.85. The van der Waals surface area contributed by atoms with Gasteiger partial charge in [0.2, 0.25) is 0 Å². The van der Waals surface area contributed by atoms with Gasteiger partial charge >= 0.3 is 218 Å². The second-order valence-electron chi connectivity index (χ2n) is 10.3. The fourth-order valence-electron chi connectivity index (χ4n) is 5.17. The van der Waals surface area contributed by atoms with E-state index in [0.29, 0.717) is 5.92 Å². The molecule has 4 rings (SSSR count). The van der Waals surface area contributed by atoms with Crippen molar-refractivity contribution in [1.82, 2.24) is 4.90 Å². The molecular formula is C29H35INO2P. The van der Waals surface area contributed by atoms with Crippen molar-refractivity contribution in [2.75, 3.05) is 19.3 Å². The van der Waals surface area contributed by atoms with E-state index in [1.165, 1.54) is 15.9 Å². The average Bonchev–Trinajstić information content (AvgIpc) is 2.85. The summed E-state index contributed by atoms with van der Waals surface area (Å²) in [5.74, 6) is 0.386. The van der Waals surface area contributed by atoms with Gasteiger partial charge in [-0.2, -0.15) is 0 Å². The van der Waals surface area contributed by atoms with E-state index in [9.17, 15) is 4.79 Å². The third kappa shape index (κ3) is 5.04. The molecule has 0 bridgehead atoms. The van der Waals surface area contributed by atoms with Crippen molar-refractivity contribution in [1.29, 1.82) is 0 Å². The normalized spacial score (nSPS) is 18.1. The molecule has 34 heavy (non-hydrogen) atoms. The number of carbonyl (C=O) groups is 1. The molecule has 1 saturated heterocycles. The first-order valence-corrected chi connectivity index (χ1v) is 17.3. The van der Waals surface area contributed by atoms with Crippen molar-refractivity contribution in [3.05, 3.63) is 91.0 Å². The van der Waals surface area contributed by atoms with Crippen molar-refractivity contribution < 1.29 is 9.53 Å². The van der Waals surface area contributed by atoms with Crippen LogP contribution >= 0.6 is 26.3 Å². The maximum absolute atomic E-state index is 12.9. The Morgan fingerprint density at radius 2 is 1.32 bits per heavy atom. The Morgan fingerprint density at radius 1 is 0.882 bits per heavy atom. The van der Waals surface area contributed by atoms with Crippen LogP contribution in [-0.2, 0) is 4.74 Å². The zero-order valence-corrected chi connectivity index (χ0v) is 23.4. The number of ether oxygens (including phenoxy) is 1. The fraction of sp³-hybridized carbons (Fsp3) is 0.345. The number of rotatable bonds is 5. The summed E-state index contributed by atoms with van der Waals surface area (Å²) < 4.78 is 2.88. The van der Waals surface area contributed by atoms with Crippen LogP contribution in [0.25, 0.3) is 0 Å². The number of hydrogen-bond acceptors (Lipinski definition) is 2. The number of benzene rings is 3. The summed E-state index contributed by atoms with van der Waals surface area (Å²) in [6.45, 7) is 7.31. The molecule has 180 valence electrons. The average molecular weight is 587 g/mol. The third-order valence-electron chi connectivity index (χ3n) is 6.66. The van der Waals surface area contributed by atoms with E-state index in [4.69, 9.17) is 4.74 Å². The number of likely N-dealkylation sites (tertiary alicyclic amines) is 1. The van der Waals surface area contributed by atoms with Gasteiger partial charge in [-0.1, -0.05) is 0 Å². The summed E-state index contributed by atoms with van der Waals surface area (Å²) in [4.78, 5) is 14.9. The fourth-order valence-corrected chi connectivity index (χ4v) is 14.9. The first-order valence-electron chi connectivity index (χ1n) is 12.1. The summed E-state index contributed by atoms with van der Waals surface area (Å²) in [5.41, 5.74) is -0.482. The Balaban J connectivity index is 1.81. The van der Waals surface area contributed by atoms with Crippen LogP contribution in [0.1, 0.15) is 33.6 Å². The van der Waals surface area contributed by atoms with Crippen LogP contribution in [-0.4, -0.2) is 35.8 Å². The van der Waals surface area contributed by atoms with E-state index in [1.54, 1.807) is 0 Å². The van der Waals surface area contributed by atoms with Gasteiger partial charge in [0, 0.05) is 0 Å². The molecule has 1 aliphatic heterocycles. The summed E-state index contributed by atoms with van der Waals surface area (Å²) >= 11 is 2.85. The summed E-state index contributed by atoms with van der Waals surface area (Å²) in [5, 5.41) is 4.17. The zero-order valence-electron chi connectivity index (χ0n) is 20.4. The molecule has 5 heteroatoms. The molecule has 0 N–H and O–H groups in total. The molecule has 1 atom stereocenters. The summed E-state index contributed by atoms with van der Waals surface area (Å²) in [6.07, 6.45) is 2.95. The van der Waals surface area contributed by atoms with Gasteiger partial charge in [-0.3, -0.25) is 0 Å². The second kappa shape index (κ2) is 9.99. The van der Waals surface area contributed by atoms with Crippen LogP contribution in [0.4, 0.5) is 4.79 Å². The van der Waals surface area contributed by atoms with E-state index in [1.807, 2.05) is 25.7 Å². The first-order chi connectivity index (χ1) is 16.2. The molecular weight excluding hydrogens is 552 g/mol. The van der Waals surface area contributed by atoms with Gasteiger partial charge in [-0.15, -0.1) is 0 Å². The molecule has 1 aliphatic rings. The van der Waals surface area contributed by atoms with Crippen molar-refractivity contribution in [3.63, 3.8) is 0 Å². The number of halogens is 1. The number of nitrogens with zero attached hydrogens (tertiary/aromatic N) is 1. The van der Waals surface area contributed by atoms with Gasteiger partial charge < -0.3 is 0 Å². The molecule has 1 fully saturated rings. The topological polar surface area (TPSA) is 29.5 Å².